The Bertz CT molecular complexity index is 1030. The van der Waals surface area contributed by atoms with Gasteiger partial charge in [0.2, 0.25) is 11.8 Å². The van der Waals surface area contributed by atoms with E-state index in [1.807, 2.05) is 30.3 Å². The monoisotopic (exact) mass is 359 g/mol. The Morgan fingerprint density at radius 3 is 2.37 bits per heavy atom. The molecule has 2 aromatic carbocycles. The number of para-hydroxylation sites is 1. The fraction of sp³-hybridized carbons (Fsp3) is 0.143. The van der Waals surface area contributed by atoms with E-state index in [2.05, 4.69) is 10.3 Å². The van der Waals surface area contributed by atoms with Crippen molar-refractivity contribution >= 4 is 34.4 Å². The van der Waals surface area contributed by atoms with Crippen LogP contribution in [0.4, 0.5) is 5.82 Å². The van der Waals surface area contributed by atoms with E-state index in [-0.39, 0.29) is 37.1 Å². The summed E-state index contributed by atoms with van der Waals surface area (Å²) in [5.41, 5.74) is 2.09. The number of nitrogens with one attached hydrogen (secondary N) is 1. The number of aromatic nitrogens is 1. The Labute approximate surface area is 155 Å². The van der Waals surface area contributed by atoms with Crippen LogP contribution in [0.5, 0.6) is 0 Å². The summed E-state index contributed by atoms with van der Waals surface area (Å²) in [6, 6.07) is 18.2. The molecule has 1 saturated heterocycles. The molecule has 1 aromatic heterocycles. The Kier molecular flexibility index (Phi) is 4.38. The number of fused-ring (bicyclic) bond motifs is 1. The Morgan fingerprint density at radius 2 is 1.63 bits per heavy atom. The molecule has 1 aliphatic rings. The summed E-state index contributed by atoms with van der Waals surface area (Å²) in [5.74, 6) is -0.0814. The Balaban J connectivity index is 1.45. The van der Waals surface area contributed by atoms with Gasteiger partial charge in [0.25, 0.3) is 5.91 Å². The number of imide groups is 1. The zero-order valence-electron chi connectivity index (χ0n) is 14.5. The van der Waals surface area contributed by atoms with Gasteiger partial charge >= 0.3 is 0 Å². The van der Waals surface area contributed by atoms with Crippen LogP contribution in [0, 0.1) is 0 Å². The van der Waals surface area contributed by atoms with Crippen molar-refractivity contribution in [3.63, 3.8) is 0 Å². The van der Waals surface area contributed by atoms with E-state index < -0.39 is 0 Å². The number of hydrogen-bond donors (Lipinski definition) is 1. The van der Waals surface area contributed by atoms with Crippen LogP contribution in [0.2, 0.25) is 0 Å². The number of carbonyl (C=O) groups excluding carboxylic acids is 3. The summed E-state index contributed by atoms with van der Waals surface area (Å²) >= 11 is 0. The number of hydrogen-bond acceptors (Lipinski definition) is 4. The van der Waals surface area contributed by atoms with Crippen molar-refractivity contribution in [1.82, 2.24) is 9.88 Å². The van der Waals surface area contributed by atoms with Crippen LogP contribution >= 0.6 is 0 Å². The molecule has 0 saturated carbocycles. The zero-order valence-corrected chi connectivity index (χ0v) is 14.5. The SMILES string of the molecule is O=C(Nc1ccc2ccccc2n1)c1ccc(CN2C(=O)CCC2=O)cc1. The predicted octanol–water partition coefficient (Wildman–Crippen LogP) is 3.14. The van der Waals surface area contributed by atoms with Gasteiger partial charge in [-0.05, 0) is 35.9 Å². The van der Waals surface area contributed by atoms with E-state index >= 15 is 0 Å². The second-order valence-corrected chi connectivity index (χ2v) is 6.41. The standard InChI is InChI=1S/C21H17N3O3/c25-19-11-12-20(26)24(19)13-14-5-7-16(8-6-14)21(27)23-18-10-9-15-3-1-2-4-17(15)22-18/h1-10H,11-13H2,(H,22,23,27). The van der Waals surface area contributed by atoms with Gasteiger partial charge in [0.1, 0.15) is 5.82 Å². The molecule has 3 amide bonds. The highest BCUT2D eigenvalue weighted by Gasteiger charge is 2.28. The molecular formula is C21H17N3O3. The lowest BCUT2D eigenvalue weighted by molar-refractivity contribution is -0.139. The number of pyridine rings is 1. The van der Waals surface area contributed by atoms with E-state index in [1.54, 1.807) is 30.3 Å². The highest BCUT2D eigenvalue weighted by molar-refractivity contribution is 6.04. The predicted molar refractivity (Wildman–Crippen MR) is 101 cm³/mol. The second kappa shape index (κ2) is 6.99. The number of benzene rings is 2. The van der Waals surface area contributed by atoms with Gasteiger partial charge in [0.05, 0.1) is 12.1 Å². The number of amides is 3. The second-order valence-electron chi connectivity index (χ2n) is 6.41. The summed E-state index contributed by atoms with van der Waals surface area (Å²) in [6.45, 7) is 0.242. The van der Waals surface area contributed by atoms with Crippen molar-refractivity contribution in [1.29, 1.82) is 0 Å². The average Bonchev–Trinajstić information content (AvgIpc) is 3.00. The third-order valence-corrected chi connectivity index (χ3v) is 4.55. The van der Waals surface area contributed by atoms with Crippen molar-refractivity contribution < 1.29 is 14.4 Å². The lowest BCUT2D eigenvalue weighted by Gasteiger charge is -2.14. The maximum Gasteiger partial charge on any atom is 0.256 e. The van der Waals surface area contributed by atoms with Crippen LogP contribution in [0.15, 0.2) is 60.7 Å². The number of likely N-dealkylation sites (tertiary alicyclic amines) is 1. The molecule has 4 rings (SSSR count). The van der Waals surface area contributed by atoms with Gasteiger partial charge in [-0.1, -0.05) is 30.3 Å². The van der Waals surface area contributed by atoms with E-state index in [0.717, 1.165) is 16.5 Å². The molecule has 1 aliphatic heterocycles. The van der Waals surface area contributed by atoms with Gasteiger partial charge < -0.3 is 5.32 Å². The molecule has 1 N–H and O–H groups in total. The molecule has 2 heterocycles. The lowest BCUT2D eigenvalue weighted by atomic mass is 10.1. The molecule has 0 unspecified atom stereocenters. The average molecular weight is 359 g/mol. The highest BCUT2D eigenvalue weighted by Crippen LogP contribution is 2.18. The van der Waals surface area contributed by atoms with E-state index in [0.29, 0.717) is 11.4 Å². The first-order valence-corrected chi connectivity index (χ1v) is 8.69. The lowest BCUT2D eigenvalue weighted by Crippen LogP contribution is -2.28. The fourth-order valence-electron chi connectivity index (χ4n) is 3.07. The Morgan fingerprint density at radius 1 is 0.926 bits per heavy atom. The number of nitrogens with zero attached hydrogens (tertiary/aromatic N) is 2. The van der Waals surface area contributed by atoms with Crippen molar-refractivity contribution in [3.05, 3.63) is 71.8 Å². The van der Waals surface area contributed by atoms with Crippen molar-refractivity contribution in [2.75, 3.05) is 5.32 Å². The quantitative estimate of drug-likeness (QED) is 0.726. The third kappa shape index (κ3) is 3.55. The van der Waals surface area contributed by atoms with Crippen molar-refractivity contribution in [2.45, 2.75) is 19.4 Å². The highest BCUT2D eigenvalue weighted by atomic mass is 16.2. The van der Waals surface area contributed by atoms with Gasteiger partial charge in [0.15, 0.2) is 0 Å². The van der Waals surface area contributed by atoms with Gasteiger partial charge in [-0.2, -0.15) is 0 Å². The van der Waals surface area contributed by atoms with E-state index in [1.165, 1.54) is 4.90 Å². The van der Waals surface area contributed by atoms with Crippen LogP contribution in [-0.2, 0) is 16.1 Å². The molecule has 0 spiro atoms. The van der Waals surface area contributed by atoms with Gasteiger partial charge in [-0.25, -0.2) is 4.98 Å². The van der Waals surface area contributed by atoms with Crippen LogP contribution in [-0.4, -0.2) is 27.6 Å². The molecule has 0 bridgehead atoms. The van der Waals surface area contributed by atoms with Gasteiger partial charge in [-0.15, -0.1) is 0 Å². The number of anilines is 1. The number of rotatable bonds is 4. The van der Waals surface area contributed by atoms with Crippen LogP contribution in [0.3, 0.4) is 0 Å². The zero-order chi connectivity index (χ0) is 18.8. The Hall–Kier alpha value is -3.54. The summed E-state index contributed by atoms with van der Waals surface area (Å²) in [4.78, 5) is 41.5. The molecule has 0 radical (unpaired) electrons. The van der Waals surface area contributed by atoms with Crippen molar-refractivity contribution in [3.8, 4) is 0 Å². The van der Waals surface area contributed by atoms with Crippen molar-refractivity contribution in [2.24, 2.45) is 0 Å². The molecule has 6 heteroatoms. The largest absolute Gasteiger partial charge is 0.307 e. The molecule has 1 fully saturated rings. The maximum atomic E-state index is 12.4. The van der Waals surface area contributed by atoms with Crippen LogP contribution in [0.1, 0.15) is 28.8 Å². The summed E-state index contributed by atoms with van der Waals surface area (Å²) in [5, 5.41) is 3.79. The normalized spacial score (nSPS) is 14.0. The summed E-state index contributed by atoms with van der Waals surface area (Å²) in [6.07, 6.45) is 0.552. The minimum absolute atomic E-state index is 0.149. The minimum atomic E-state index is -0.266. The molecule has 27 heavy (non-hydrogen) atoms. The maximum absolute atomic E-state index is 12.4. The first-order valence-electron chi connectivity index (χ1n) is 8.69. The smallest absolute Gasteiger partial charge is 0.256 e. The first-order chi connectivity index (χ1) is 13.1. The third-order valence-electron chi connectivity index (χ3n) is 4.55. The summed E-state index contributed by atoms with van der Waals surface area (Å²) in [7, 11) is 0. The topological polar surface area (TPSA) is 79.4 Å². The molecule has 0 aliphatic carbocycles. The number of carbonyl (C=O) groups is 3. The molecule has 6 nitrogen and oxygen atoms in total. The van der Waals surface area contributed by atoms with Gasteiger partial charge in [0, 0.05) is 23.8 Å². The van der Waals surface area contributed by atoms with E-state index in [4.69, 9.17) is 0 Å². The first kappa shape index (κ1) is 16.9. The van der Waals surface area contributed by atoms with E-state index in [9.17, 15) is 14.4 Å². The molecule has 0 atom stereocenters. The molecule has 3 aromatic rings. The summed E-state index contributed by atoms with van der Waals surface area (Å²) < 4.78 is 0. The molecular weight excluding hydrogens is 342 g/mol. The minimum Gasteiger partial charge on any atom is -0.307 e. The fourth-order valence-corrected chi connectivity index (χ4v) is 3.07. The van der Waals surface area contributed by atoms with Crippen LogP contribution < -0.4 is 5.32 Å². The molecule has 134 valence electrons. The van der Waals surface area contributed by atoms with Gasteiger partial charge in [-0.3, -0.25) is 19.3 Å². The van der Waals surface area contributed by atoms with Crippen LogP contribution in [0.25, 0.3) is 10.9 Å².